The van der Waals surface area contributed by atoms with E-state index in [2.05, 4.69) is 52.0 Å². The van der Waals surface area contributed by atoms with Crippen molar-refractivity contribution in [1.82, 2.24) is 25.5 Å². The molecule has 3 aromatic rings. The van der Waals surface area contributed by atoms with E-state index in [4.69, 9.17) is 4.74 Å². The summed E-state index contributed by atoms with van der Waals surface area (Å²) in [6.45, 7) is 7.55. The quantitative estimate of drug-likeness (QED) is 0.311. The SMILES string of the molecule is CCCC[C@H](NC(=O)[C@@H](CSc1nnnn1C)Cc1cccc2ccccc12)C(=O)OC(C)(C)C. The lowest BCUT2D eigenvalue weighted by Gasteiger charge is -2.26. The van der Waals surface area contributed by atoms with Gasteiger partial charge in [0, 0.05) is 12.8 Å². The minimum Gasteiger partial charge on any atom is -0.458 e. The molecule has 0 aliphatic rings. The Bertz CT molecular complexity index is 1140. The predicted octanol–water partition coefficient (Wildman–Crippen LogP) is 4.33. The van der Waals surface area contributed by atoms with Crippen LogP contribution in [0.3, 0.4) is 0 Å². The summed E-state index contributed by atoms with van der Waals surface area (Å²) in [5, 5.41) is 17.5. The van der Waals surface area contributed by atoms with E-state index in [1.807, 2.05) is 39.0 Å². The normalized spacial score (nSPS) is 13.4. The van der Waals surface area contributed by atoms with Crippen molar-refractivity contribution in [3.8, 4) is 0 Å². The van der Waals surface area contributed by atoms with Gasteiger partial charge in [0.25, 0.3) is 0 Å². The number of benzene rings is 2. The van der Waals surface area contributed by atoms with E-state index in [9.17, 15) is 9.59 Å². The molecule has 0 saturated carbocycles. The number of nitrogens with zero attached hydrogens (tertiary/aromatic N) is 4. The van der Waals surface area contributed by atoms with E-state index in [0.717, 1.165) is 29.2 Å². The van der Waals surface area contributed by atoms with Crippen molar-refractivity contribution in [3.05, 3.63) is 48.0 Å². The van der Waals surface area contributed by atoms with E-state index in [0.29, 0.717) is 23.8 Å². The Hall–Kier alpha value is -2.94. The van der Waals surface area contributed by atoms with Gasteiger partial charge >= 0.3 is 5.97 Å². The van der Waals surface area contributed by atoms with Gasteiger partial charge in [-0.25, -0.2) is 9.48 Å². The van der Waals surface area contributed by atoms with E-state index in [1.54, 1.807) is 11.7 Å². The zero-order valence-electron chi connectivity index (χ0n) is 21.2. The summed E-state index contributed by atoms with van der Waals surface area (Å²) < 4.78 is 7.18. The summed E-state index contributed by atoms with van der Waals surface area (Å²) in [6.07, 6.45) is 2.81. The molecule has 0 fully saturated rings. The molecular weight excluding hydrogens is 462 g/mol. The van der Waals surface area contributed by atoms with Crippen LogP contribution in [0.4, 0.5) is 0 Å². The Morgan fingerprint density at radius 3 is 2.57 bits per heavy atom. The lowest BCUT2D eigenvalue weighted by Crippen LogP contribution is -2.47. The summed E-state index contributed by atoms with van der Waals surface area (Å²) in [4.78, 5) is 26.5. The maximum Gasteiger partial charge on any atom is 0.329 e. The molecule has 8 nitrogen and oxygen atoms in total. The van der Waals surface area contributed by atoms with Crippen molar-refractivity contribution in [1.29, 1.82) is 0 Å². The third-order valence-electron chi connectivity index (χ3n) is 5.57. The number of aryl methyl sites for hydroxylation is 1. The third kappa shape index (κ3) is 7.78. The van der Waals surface area contributed by atoms with Gasteiger partial charge in [0.15, 0.2) is 0 Å². The summed E-state index contributed by atoms with van der Waals surface area (Å²) >= 11 is 1.43. The summed E-state index contributed by atoms with van der Waals surface area (Å²) in [6, 6.07) is 13.6. The highest BCUT2D eigenvalue weighted by atomic mass is 32.2. The molecular formula is C26H35N5O3S. The second kappa shape index (κ2) is 12.2. The average molecular weight is 498 g/mol. The Kier molecular flexibility index (Phi) is 9.26. The average Bonchev–Trinajstić information content (AvgIpc) is 3.22. The van der Waals surface area contributed by atoms with Gasteiger partial charge in [0.2, 0.25) is 11.1 Å². The van der Waals surface area contributed by atoms with Crippen LogP contribution in [0.5, 0.6) is 0 Å². The van der Waals surface area contributed by atoms with Crippen LogP contribution >= 0.6 is 11.8 Å². The van der Waals surface area contributed by atoms with Crippen LogP contribution in [-0.2, 0) is 27.8 Å². The molecule has 1 amide bonds. The molecule has 0 radical (unpaired) electrons. The van der Waals surface area contributed by atoms with Crippen LogP contribution in [0.15, 0.2) is 47.6 Å². The minimum absolute atomic E-state index is 0.174. The number of unbranched alkanes of at least 4 members (excludes halogenated alkanes) is 1. The van der Waals surface area contributed by atoms with Crippen molar-refractivity contribution in [2.45, 2.75) is 70.2 Å². The largest absolute Gasteiger partial charge is 0.458 e. The summed E-state index contributed by atoms with van der Waals surface area (Å²) in [5.41, 5.74) is 0.463. The van der Waals surface area contributed by atoms with Crippen molar-refractivity contribution in [3.63, 3.8) is 0 Å². The first-order chi connectivity index (χ1) is 16.7. The lowest BCUT2D eigenvalue weighted by atomic mass is 9.95. The van der Waals surface area contributed by atoms with Gasteiger partial charge in [-0.1, -0.05) is 74.0 Å². The fraction of sp³-hybridized carbons (Fsp3) is 0.500. The highest BCUT2D eigenvalue weighted by molar-refractivity contribution is 7.99. The number of carbonyl (C=O) groups excluding carboxylic acids is 2. The van der Waals surface area contributed by atoms with Crippen LogP contribution in [0, 0.1) is 5.92 Å². The summed E-state index contributed by atoms with van der Waals surface area (Å²) in [7, 11) is 1.77. The molecule has 0 unspecified atom stereocenters. The van der Waals surface area contributed by atoms with E-state index in [1.165, 1.54) is 11.8 Å². The maximum atomic E-state index is 13.6. The number of tetrazole rings is 1. The monoisotopic (exact) mass is 497 g/mol. The predicted molar refractivity (Wildman–Crippen MR) is 138 cm³/mol. The molecule has 1 N–H and O–H groups in total. The first-order valence-electron chi connectivity index (χ1n) is 12.0. The molecule has 188 valence electrons. The fourth-order valence-electron chi connectivity index (χ4n) is 3.80. The highest BCUT2D eigenvalue weighted by Crippen LogP contribution is 2.25. The first-order valence-corrected chi connectivity index (χ1v) is 13.0. The molecule has 3 rings (SSSR count). The number of hydrogen-bond acceptors (Lipinski definition) is 7. The lowest BCUT2D eigenvalue weighted by molar-refractivity contribution is -0.159. The van der Waals surface area contributed by atoms with Crippen molar-refractivity contribution in [2.24, 2.45) is 13.0 Å². The van der Waals surface area contributed by atoms with E-state index >= 15 is 0 Å². The number of ether oxygens (including phenoxy) is 1. The second-order valence-electron chi connectivity index (χ2n) is 9.67. The Labute approximate surface area is 211 Å². The van der Waals surface area contributed by atoms with Gasteiger partial charge in [-0.3, -0.25) is 4.79 Å². The number of hydrogen-bond donors (Lipinski definition) is 1. The van der Waals surface area contributed by atoms with Gasteiger partial charge < -0.3 is 10.1 Å². The van der Waals surface area contributed by atoms with Gasteiger partial charge in [-0.15, -0.1) is 5.10 Å². The van der Waals surface area contributed by atoms with Crippen LogP contribution in [0.25, 0.3) is 10.8 Å². The standard InChI is InChI=1S/C26H35N5O3S/c1-6-7-15-22(24(33)34-26(2,3)4)27-23(32)20(17-35-25-28-29-30-31(25)5)16-19-13-10-12-18-11-8-9-14-21(18)19/h8-14,20,22H,6-7,15-17H2,1-5H3,(H,27,32)/t20-,22+/m1/s1. The molecule has 0 aliphatic carbocycles. The molecule has 2 aromatic carbocycles. The van der Waals surface area contributed by atoms with Crippen LogP contribution in [0.1, 0.15) is 52.5 Å². The summed E-state index contributed by atoms with van der Waals surface area (Å²) in [5.74, 6) is -0.493. The number of esters is 1. The molecule has 35 heavy (non-hydrogen) atoms. The van der Waals surface area contributed by atoms with Crippen molar-refractivity contribution >= 4 is 34.4 Å². The fourth-order valence-corrected chi connectivity index (χ4v) is 4.74. The van der Waals surface area contributed by atoms with Crippen LogP contribution in [-0.4, -0.2) is 49.5 Å². The Morgan fingerprint density at radius 2 is 1.89 bits per heavy atom. The molecule has 2 atom stereocenters. The molecule has 0 bridgehead atoms. The van der Waals surface area contributed by atoms with Crippen LogP contribution < -0.4 is 5.32 Å². The zero-order valence-corrected chi connectivity index (χ0v) is 22.0. The van der Waals surface area contributed by atoms with Gasteiger partial charge in [0.05, 0.1) is 5.92 Å². The first kappa shape index (κ1) is 26.7. The maximum absolute atomic E-state index is 13.6. The second-order valence-corrected chi connectivity index (χ2v) is 10.7. The van der Waals surface area contributed by atoms with Crippen LogP contribution in [0.2, 0.25) is 0 Å². The van der Waals surface area contributed by atoms with Crippen molar-refractivity contribution < 1.29 is 14.3 Å². The molecule has 0 aliphatic heterocycles. The van der Waals surface area contributed by atoms with Crippen molar-refractivity contribution in [2.75, 3.05) is 5.75 Å². The molecule has 1 heterocycles. The molecule has 9 heteroatoms. The zero-order chi connectivity index (χ0) is 25.4. The molecule has 0 spiro atoms. The third-order valence-corrected chi connectivity index (χ3v) is 6.74. The Morgan fingerprint density at radius 1 is 1.14 bits per heavy atom. The Balaban J connectivity index is 1.83. The van der Waals surface area contributed by atoms with Gasteiger partial charge in [-0.2, -0.15) is 0 Å². The molecule has 1 aromatic heterocycles. The van der Waals surface area contributed by atoms with E-state index < -0.39 is 23.5 Å². The number of aromatic nitrogens is 4. The smallest absolute Gasteiger partial charge is 0.329 e. The number of nitrogens with one attached hydrogen (secondary N) is 1. The minimum atomic E-state index is -0.682. The number of thioether (sulfide) groups is 1. The van der Waals surface area contributed by atoms with E-state index in [-0.39, 0.29) is 5.91 Å². The number of fused-ring (bicyclic) bond motifs is 1. The number of amides is 1. The van der Waals surface area contributed by atoms with Gasteiger partial charge in [0.1, 0.15) is 11.6 Å². The number of rotatable bonds is 11. The number of carbonyl (C=O) groups is 2. The molecule has 0 saturated heterocycles. The van der Waals surface area contributed by atoms with Gasteiger partial charge in [-0.05, 0) is 60.4 Å². The highest BCUT2D eigenvalue weighted by Gasteiger charge is 2.29. The topological polar surface area (TPSA) is 99.0 Å².